The molecule has 0 unspecified atom stereocenters. The molecule has 2 aromatic carbocycles. The van der Waals surface area contributed by atoms with Crippen LogP contribution in [0.1, 0.15) is 0 Å². The first-order valence-electron chi connectivity index (χ1n) is 4.31. The fourth-order valence-electron chi connectivity index (χ4n) is 1.46. The van der Waals surface area contributed by atoms with Crippen molar-refractivity contribution in [3.8, 4) is 0 Å². The topological polar surface area (TPSA) is 70.0 Å². The second-order valence-corrected chi connectivity index (χ2v) is 4.34. The molecule has 0 amide bonds. The van der Waals surface area contributed by atoms with Gasteiger partial charge in [0.25, 0.3) is 0 Å². The Morgan fingerprint density at radius 1 is 1.00 bits per heavy atom. The zero-order valence-electron chi connectivity index (χ0n) is 7.77. The zero-order valence-corrected chi connectivity index (χ0v) is 8.58. The van der Waals surface area contributed by atoms with Gasteiger partial charge in [0.2, 0.25) is 0 Å². The van der Waals surface area contributed by atoms with Crippen LogP contribution in [0, 0.1) is 0 Å². The van der Waals surface area contributed by atoms with E-state index in [-0.39, 0.29) is 0 Å². The van der Waals surface area contributed by atoms with Crippen molar-refractivity contribution in [1.82, 2.24) is 5.14 Å². The Morgan fingerprint density at radius 3 is 2.40 bits per heavy atom. The summed E-state index contributed by atoms with van der Waals surface area (Å²) in [7, 11) is -3.97. The molecule has 0 saturated heterocycles. The molecular weight excluding hydrogens is 212 g/mol. The summed E-state index contributed by atoms with van der Waals surface area (Å²) in [5.74, 6) is 0. The van der Waals surface area contributed by atoms with Gasteiger partial charge in [-0.15, -0.1) is 5.14 Å². The number of benzene rings is 2. The molecule has 1 radical (unpaired) electrons. The van der Waals surface area contributed by atoms with E-state index in [1.165, 1.54) is 0 Å². The monoisotopic (exact) mass is 221 g/mol. The van der Waals surface area contributed by atoms with E-state index in [0.717, 1.165) is 10.8 Å². The van der Waals surface area contributed by atoms with Crippen molar-refractivity contribution in [2.75, 3.05) is 4.72 Å². The fraction of sp³-hybridized carbons (Fsp3) is 0. The first-order chi connectivity index (χ1) is 7.06. The lowest BCUT2D eigenvalue weighted by molar-refractivity contribution is 0.601. The van der Waals surface area contributed by atoms with E-state index in [2.05, 4.69) is 4.72 Å². The molecule has 2 rings (SSSR count). The smallest absolute Gasteiger partial charge is 0.269 e. The van der Waals surface area contributed by atoms with Gasteiger partial charge in [-0.05, 0) is 11.5 Å². The maximum Gasteiger partial charge on any atom is 0.312 e. The summed E-state index contributed by atoms with van der Waals surface area (Å²) in [5, 5.41) is 8.53. The molecular formula is C10H9N2O2S. The molecule has 77 valence electrons. The van der Waals surface area contributed by atoms with Gasteiger partial charge in [-0.25, -0.2) is 0 Å². The molecule has 2 N–H and O–H groups in total. The second kappa shape index (κ2) is 3.52. The largest absolute Gasteiger partial charge is 0.312 e. The minimum Gasteiger partial charge on any atom is -0.269 e. The quantitative estimate of drug-likeness (QED) is 0.839. The maximum absolute atomic E-state index is 10.8. The van der Waals surface area contributed by atoms with Crippen LogP contribution in [0.15, 0.2) is 42.5 Å². The molecule has 0 aliphatic rings. The Balaban J connectivity index is 2.61. The lowest BCUT2D eigenvalue weighted by Crippen LogP contribution is -2.12. The third kappa shape index (κ3) is 2.26. The van der Waals surface area contributed by atoms with Crippen LogP contribution in [0.5, 0.6) is 0 Å². The van der Waals surface area contributed by atoms with Crippen molar-refractivity contribution < 1.29 is 8.42 Å². The van der Waals surface area contributed by atoms with Gasteiger partial charge in [-0.3, -0.25) is 4.72 Å². The van der Waals surface area contributed by atoms with Crippen LogP contribution >= 0.6 is 0 Å². The van der Waals surface area contributed by atoms with Crippen LogP contribution in [0.3, 0.4) is 0 Å². The Morgan fingerprint density at radius 2 is 1.67 bits per heavy atom. The molecule has 4 nitrogen and oxygen atoms in total. The molecule has 2 aromatic rings. The van der Waals surface area contributed by atoms with Gasteiger partial charge < -0.3 is 0 Å². The standard InChI is InChI=1S/C10H9N2O2S/c11-15(13,14)12-10-7-3-5-8-4-1-2-6-9(8)10/h1-7,11-12H. The summed E-state index contributed by atoms with van der Waals surface area (Å²) in [6, 6.07) is 12.7. The first-order valence-corrected chi connectivity index (χ1v) is 5.80. The molecule has 0 aromatic heterocycles. The van der Waals surface area contributed by atoms with Crippen molar-refractivity contribution in [2.45, 2.75) is 0 Å². The number of rotatable bonds is 2. The molecule has 0 aliphatic carbocycles. The van der Waals surface area contributed by atoms with Crippen LogP contribution in [0.2, 0.25) is 0 Å². The summed E-state index contributed by atoms with van der Waals surface area (Å²) < 4.78 is 23.8. The number of hydrogen-bond donors (Lipinski definition) is 1. The summed E-state index contributed by atoms with van der Waals surface area (Å²) in [4.78, 5) is 0. The van der Waals surface area contributed by atoms with E-state index in [1.807, 2.05) is 30.3 Å². The van der Waals surface area contributed by atoms with Gasteiger partial charge in [0, 0.05) is 5.39 Å². The zero-order chi connectivity index (χ0) is 10.9. The van der Waals surface area contributed by atoms with Crippen LogP contribution in [-0.2, 0) is 10.2 Å². The maximum atomic E-state index is 10.8. The van der Waals surface area contributed by atoms with Crippen molar-refractivity contribution in [3.63, 3.8) is 0 Å². The van der Waals surface area contributed by atoms with Crippen molar-refractivity contribution in [1.29, 1.82) is 0 Å². The van der Waals surface area contributed by atoms with Crippen molar-refractivity contribution >= 4 is 26.7 Å². The van der Waals surface area contributed by atoms with Crippen LogP contribution in [0.25, 0.3) is 10.8 Å². The Bertz CT molecular complexity index is 588. The lowest BCUT2D eigenvalue weighted by atomic mass is 10.1. The Labute approximate surface area is 87.9 Å². The highest BCUT2D eigenvalue weighted by molar-refractivity contribution is 7.90. The Hall–Kier alpha value is -1.59. The summed E-state index contributed by atoms with van der Waals surface area (Å²) in [6.45, 7) is 0. The van der Waals surface area contributed by atoms with E-state index >= 15 is 0 Å². The van der Waals surface area contributed by atoms with Crippen molar-refractivity contribution in [2.24, 2.45) is 0 Å². The molecule has 0 fully saturated rings. The Kier molecular flexibility index (Phi) is 2.34. The van der Waals surface area contributed by atoms with Crippen molar-refractivity contribution in [3.05, 3.63) is 42.5 Å². The van der Waals surface area contributed by atoms with E-state index < -0.39 is 10.2 Å². The summed E-state index contributed by atoms with van der Waals surface area (Å²) in [5.41, 5.74) is 0.433. The van der Waals surface area contributed by atoms with E-state index in [9.17, 15) is 8.42 Å². The molecule has 0 aliphatic heterocycles. The average molecular weight is 221 g/mol. The van der Waals surface area contributed by atoms with Gasteiger partial charge in [-0.2, -0.15) is 8.42 Å². The third-order valence-corrected chi connectivity index (χ3v) is 2.52. The van der Waals surface area contributed by atoms with Gasteiger partial charge in [-0.1, -0.05) is 36.4 Å². The molecule has 5 heteroatoms. The average Bonchev–Trinajstić information content (AvgIpc) is 2.16. The molecule has 0 atom stereocenters. The highest BCUT2D eigenvalue weighted by atomic mass is 32.2. The number of hydrogen-bond acceptors (Lipinski definition) is 2. The number of anilines is 1. The first kappa shape index (κ1) is 9.95. The highest BCUT2D eigenvalue weighted by Crippen LogP contribution is 2.23. The van der Waals surface area contributed by atoms with Gasteiger partial charge in [0.1, 0.15) is 0 Å². The summed E-state index contributed by atoms with van der Waals surface area (Å²) in [6.07, 6.45) is 0. The second-order valence-electron chi connectivity index (χ2n) is 3.13. The minimum atomic E-state index is -3.97. The molecule has 0 bridgehead atoms. The third-order valence-electron chi connectivity index (χ3n) is 2.03. The van der Waals surface area contributed by atoms with E-state index in [4.69, 9.17) is 5.14 Å². The SMILES string of the molecule is [NH]S(=O)(=O)Nc1cccc2ccccc12. The fourth-order valence-corrected chi connectivity index (χ4v) is 1.93. The molecule has 0 heterocycles. The van der Waals surface area contributed by atoms with Gasteiger partial charge in [0.05, 0.1) is 5.69 Å². The predicted molar refractivity (Wildman–Crippen MR) is 59.6 cm³/mol. The van der Waals surface area contributed by atoms with Crippen LogP contribution in [0.4, 0.5) is 5.69 Å². The van der Waals surface area contributed by atoms with Crippen LogP contribution in [-0.4, -0.2) is 8.42 Å². The molecule has 15 heavy (non-hydrogen) atoms. The highest BCUT2D eigenvalue weighted by Gasteiger charge is 2.05. The van der Waals surface area contributed by atoms with Gasteiger partial charge >= 0.3 is 10.2 Å². The summed E-state index contributed by atoms with van der Waals surface area (Å²) >= 11 is 0. The van der Waals surface area contributed by atoms with E-state index in [1.54, 1.807) is 12.1 Å². The number of fused-ring (bicyclic) bond motifs is 1. The van der Waals surface area contributed by atoms with E-state index in [0.29, 0.717) is 5.69 Å². The van der Waals surface area contributed by atoms with Crippen LogP contribution < -0.4 is 9.86 Å². The lowest BCUT2D eigenvalue weighted by Gasteiger charge is -2.06. The number of nitrogens with one attached hydrogen (secondary N) is 2. The molecule has 0 saturated carbocycles. The van der Waals surface area contributed by atoms with Gasteiger partial charge in [0.15, 0.2) is 0 Å². The predicted octanol–water partition coefficient (Wildman–Crippen LogP) is 1.78. The minimum absolute atomic E-state index is 0.433. The molecule has 0 spiro atoms. The normalized spacial score (nSPS) is 11.5.